The molecule has 4 heteroatoms. The zero-order chi connectivity index (χ0) is 11.9. The van der Waals surface area contributed by atoms with Crippen molar-refractivity contribution in [2.45, 2.75) is 46.7 Å². The van der Waals surface area contributed by atoms with Crippen molar-refractivity contribution in [2.24, 2.45) is 10.4 Å². The molecule has 0 saturated heterocycles. The van der Waals surface area contributed by atoms with Gasteiger partial charge in [-0.3, -0.25) is 4.99 Å². The lowest BCUT2D eigenvalue weighted by Gasteiger charge is -2.28. The number of nitrogens with zero attached hydrogens (tertiary/aromatic N) is 1. The first-order valence-electron chi connectivity index (χ1n) is 4.97. The van der Waals surface area contributed by atoms with Crippen LogP contribution in [-0.4, -0.2) is 11.9 Å². The maximum atomic E-state index is 12.4. The van der Waals surface area contributed by atoms with Crippen LogP contribution in [0, 0.1) is 5.41 Å². The second kappa shape index (κ2) is 3.65. The largest absolute Gasteiger partial charge is 0.429 e. The molecular formula is C11H16F3N. The van der Waals surface area contributed by atoms with Crippen LogP contribution in [0.3, 0.4) is 0 Å². The molecular weight excluding hydrogens is 203 g/mol. The van der Waals surface area contributed by atoms with Gasteiger partial charge < -0.3 is 0 Å². The number of allylic oxidation sites excluding steroid dienone is 2. The molecule has 86 valence electrons. The standard InChI is InChI=1S/C11H16F3N/c1-7-8(10(2,3)4)5-6-9(15-7)11(12,13)14/h5-6H2,1-4H3. The van der Waals surface area contributed by atoms with Crippen LogP contribution in [0.5, 0.6) is 0 Å². The van der Waals surface area contributed by atoms with Crippen molar-refractivity contribution in [1.29, 1.82) is 0 Å². The number of halogens is 3. The van der Waals surface area contributed by atoms with E-state index in [0.29, 0.717) is 12.1 Å². The number of hydrogen-bond donors (Lipinski definition) is 0. The summed E-state index contributed by atoms with van der Waals surface area (Å²) in [6.45, 7) is 7.66. The Hall–Kier alpha value is -0.800. The molecule has 1 heterocycles. The van der Waals surface area contributed by atoms with Gasteiger partial charge in [-0.15, -0.1) is 0 Å². The first-order valence-corrected chi connectivity index (χ1v) is 4.97. The Morgan fingerprint density at radius 2 is 1.60 bits per heavy atom. The third-order valence-corrected chi connectivity index (χ3v) is 2.58. The van der Waals surface area contributed by atoms with Crippen molar-refractivity contribution in [2.75, 3.05) is 0 Å². The van der Waals surface area contributed by atoms with Crippen molar-refractivity contribution in [3.8, 4) is 0 Å². The van der Waals surface area contributed by atoms with Gasteiger partial charge in [-0.1, -0.05) is 20.8 Å². The molecule has 0 aromatic carbocycles. The molecule has 1 rings (SSSR count). The molecule has 0 fully saturated rings. The monoisotopic (exact) mass is 219 g/mol. The van der Waals surface area contributed by atoms with Crippen molar-refractivity contribution >= 4 is 5.71 Å². The van der Waals surface area contributed by atoms with Crippen LogP contribution in [-0.2, 0) is 0 Å². The van der Waals surface area contributed by atoms with Crippen LogP contribution in [0.15, 0.2) is 16.3 Å². The van der Waals surface area contributed by atoms with Crippen molar-refractivity contribution in [1.82, 2.24) is 0 Å². The Kier molecular flexibility index (Phi) is 2.99. The summed E-state index contributed by atoms with van der Waals surface area (Å²) >= 11 is 0. The molecule has 0 radical (unpaired) electrons. The Morgan fingerprint density at radius 3 is 1.93 bits per heavy atom. The third kappa shape index (κ3) is 2.83. The van der Waals surface area contributed by atoms with Gasteiger partial charge in [-0.2, -0.15) is 13.2 Å². The fourth-order valence-corrected chi connectivity index (χ4v) is 1.87. The summed E-state index contributed by atoms with van der Waals surface area (Å²) in [7, 11) is 0. The fraction of sp³-hybridized carbons (Fsp3) is 0.727. The number of hydrogen-bond acceptors (Lipinski definition) is 1. The lowest BCUT2D eigenvalue weighted by molar-refractivity contribution is -0.0607. The van der Waals surface area contributed by atoms with E-state index in [4.69, 9.17) is 0 Å². The predicted molar refractivity (Wildman–Crippen MR) is 54.9 cm³/mol. The van der Waals surface area contributed by atoms with E-state index < -0.39 is 11.9 Å². The first kappa shape index (κ1) is 12.3. The van der Waals surface area contributed by atoms with E-state index in [-0.39, 0.29) is 11.8 Å². The van der Waals surface area contributed by atoms with Gasteiger partial charge in [-0.05, 0) is 30.8 Å². The highest BCUT2D eigenvalue weighted by molar-refractivity contribution is 5.91. The van der Waals surface area contributed by atoms with Crippen molar-refractivity contribution in [3.63, 3.8) is 0 Å². The molecule has 1 aliphatic rings. The van der Waals surface area contributed by atoms with Gasteiger partial charge in [0.25, 0.3) is 0 Å². The molecule has 0 atom stereocenters. The second-order valence-electron chi connectivity index (χ2n) is 4.87. The summed E-state index contributed by atoms with van der Waals surface area (Å²) in [5.74, 6) is 0. The fourth-order valence-electron chi connectivity index (χ4n) is 1.87. The van der Waals surface area contributed by atoms with E-state index >= 15 is 0 Å². The molecule has 0 spiro atoms. The van der Waals surface area contributed by atoms with E-state index in [9.17, 15) is 13.2 Å². The van der Waals surface area contributed by atoms with Gasteiger partial charge >= 0.3 is 6.18 Å². The Morgan fingerprint density at radius 1 is 1.07 bits per heavy atom. The van der Waals surface area contributed by atoms with E-state index in [1.807, 2.05) is 20.8 Å². The van der Waals surface area contributed by atoms with Gasteiger partial charge in [-0.25, -0.2) is 0 Å². The average molecular weight is 219 g/mol. The minimum absolute atomic E-state index is 0.00738. The molecule has 1 nitrogen and oxygen atoms in total. The van der Waals surface area contributed by atoms with Crippen LogP contribution in [0.25, 0.3) is 0 Å². The highest BCUT2D eigenvalue weighted by Crippen LogP contribution is 2.37. The Balaban J connectivity index is 3.05. The average Bonchev–Trinajstić information content (AvgIpc) is 1.99. The summed E-state index contributed by atoms with van der Waals surface area (Å²) < 4.78 is 37.2. The molecule has 0 bridgehead atoms. The smallest absolute Gasteiger partial charge is 0.253 e. The highest BCUT2D eigenvalue weighted by Gasteiger charge is 2.37. The summed E-state index contributed by atoms with van der Waals surface area (Å²) in [6.07, 6.45) is -3.80. The molecule has 0 saturated carbocycles. The SMILES string of the molecule is CC1=C(C(C)(C)C)CCC(C(F)(F)F)=N1. The molecule has 0 aromatic rings. The molecule has 0 aliphatic carbocycles. The van der Waals surface area contributed by atoms with E-state index in [1.165, 1.54) is 0 Å². The van der Waals surface area contributed by atoms with E-state index in [1.54, 1.807) is 6.92 Å². The second-order valence-corrected chi connectivity index (χ2v) is 4.87. The zero-order valence-electron chi connectivity index (χ0n) is 9.50. The Labute approximate surface area is 88.1 Å². The number of aliphatic imine (C=N–C) groups is 1. The van der Waals surface area contributed by atoms with Crippen molar-refractivity contribution in [3.05, 3.63) is 11.3 Å². The van der Waals surface area contributed by atoms with Crippen LogP contribution in [0.1, 0.15) is 40.5 Å². The summed E-state index contributed by atoms with van der Waals surface area (Å²) in [5, 5.41) is 0. The van der Waals surface area contributed by atoms with Gasteiger partial charge in [0.1, 0.15) is 5.71 Å². The van der Waals surface area contributed by atoms with Gasteiger partial charge in [0, 0.05) is 5.70 Å². The minimum atomic E-state index is -4.27. The topological polar surface area (TPSA) is 12.4 Å². The number of alkyl halides is 3. The maximum absolute atomic E-state index is 12.4. The highest BCUT2D eigenvalue weighted by atomic mass is 19.4. The summed E-state index contributed by atoms with van der Waals surface area (Å²) in [4.78, 5) is 3.67. The summed E-state index contributed by atoms with van der Waals surface area (Å²) in [6, 6.07) is 0. The van der Waals surface area contributed by atoms with Crippen LogP contribution < -0.4 is 0 Å². The Bertz CT molecular complexity index is 316. The third-order valence-electron chi connectivity index (χ3n) is 2.58. The number of rotatable bonds is 0. The lowest BCUT2D eigenvalue weighted by Crippen LogP contribution is -2.27. The maximum Gasteiger partial charge on any atom is 0.429 e. The molecule has 0 unspecified atom stereocenters. The first-order chi connectivity index (χ1) is 6.62. The van der Waals surface area contributed by atoms with E-state index in [0.717, 1.165) is 5.57 Å². The van der Waals surface area contributed by atoms with Crippen LogP contribution >= 0.6 is 0 Å². The molecule has 0 aromatic heterocycles. The molecule has 0 N–H and O–H groups in total. The molecule has 1 aliphatic heterocycles. The molecule has 0 amide bonds. The quantitative estimate of drug-likeness (QED) is 0.581. The van der Waals surface area contributed by atoms with Gasteiger partial charge in [0.2, 0.25) is 0 Å². The lowest BCUT2D eigenvalue weighted by atomic mass is 9.81. The van der Waals surface area contributed by atoms with Gasteiger partial charge in [0.05, 0.1) is 0 Å². The predicted octanol–water partition coefficient (Wildman–Crippen LogP) is 4.10. The van der Waals surface area contributed by atoms with Crippen LogP contribution in [0.2, 0.25) is 0 Å². The van der Waals surface area contributed by atoms with Crippen LogP contribution in [0.4, 0.5) is 13.2 Å². The summed E-state index contributed by atoms with van der Waals surface area (Å²) in [5.41, 5.74) is 0.814. The minimum Gasteiger partial charge on any atom is -0.253 e. The zero-order valence-corrected chi connectivity index (χ0v) is 9.50. The van der Waals surface area contributed by atoms with Gasteiger partial charge in [0.15, 0.2) is 0 Å². The molecule has 15 heavy (non-hydrogen) atoms. The van der Waals surface area contributed by atoms with E-state index in [2.05, 4.69) is 4.99 Å². The van der Waals surface area contributed by atoms with Crippen molar-refractivity contribution < 1.29 is 13.2 Å². The normalized spacial score (nSPS) is 19.3.